The maximum Gasteiger partial charge on any atom is 0.243 e. The number of sulfonamides is 1. The normalized spacial score (nSPS) is 17.3. The highest BCUT2D eigenvalue weighted by molar-refractivity contribution is 7.89. The van der Waals surface area contributed by atoms with E-state index in [1.165, 1.54) is 5.57 Å². The van der Waals surface area contributed by atoms with Gasteiger partial charge in [-0.05, 0) is 38.1 Å². The number of nitrogens with zero attached hydrogens (tertiary/aromatic N) is 1. The average Bonchev–Trinajstić information content (AvgIpc) is 2.40. The van der Waals surface area contributed by atoms with Gasteiger partial charge in [-0.1, -0.05) is 23.8 Å². The highest BCUT2D eigenvalue weighted by atomic mass is 32.2. The summed E-state index contributed by atoms with van der Waals surface area (Å²) in [5, 5.41) is 3.03. The van der Waals surface area contributed by atoms with Crippen molar-refractivity contribution in [3.63, 3.8) is 0 Å². The predicted molar refractivity (Wildman–Crippen MR) is 76.3 cm³/mol. The van der Waals surface area contributed by atoms with Crippen molar-refractivity contribution < 1.29 is 8.42 Å². The minimum absolute atomic E-state index is 0.383. The van der Waals surface area contributed by atoms with Gasteiger partial charge in [0.25, 0.3) is 0 Å². The van der Waals surface area contributed by atoms with Crippen LogP contribution in [0.15, 0.2) is 40.8 Å². The lowest BCUT2D eigenvalue weighted by atomic mass is 10.1. The molecule has 0 spiro atoms. The zero-order valence-electron chi connectivity index (χ0n) is 11.4. The fourth-order valence-electron chi connectivity index (χ4n) is 2.14. The zero-order valence-corrected chi connectivity index (χ0v) is 12.2. The Morgan fingerprint density at radius 2 is 2.16 bits per heavy atom. The zero-order chi connectivity index (χ0) is 13.9. The van der Waals surface area contributed by atoms with Crippen molar-refractivity contribution >= 4 is 10.0 Å². The van der Waals surface area contributed by atoms with Crippen molar-refractivity contribution in [2.45, 2.75) is 24.8 Å². The third-order valence-electron chi connectivity index (χ3n) is 3.32. The molecule has 0 radical (unpaired) electrons. The first kappa shape index (κ1) is 14.2. The van der Waals surface area contributed by atoms with E-state index in [4.69, 9.17) is 0 Å². The van der Waals surface area contributed by atoms with E-state index in [1.807, 2.05) is 26.1 Å². The molecule has 1 aromatic carbocycles. The van der Waals surface area contributed by atoms with Gasteiger partial charge in [0.15, 0.2) is 0 Å². The summed E-state index contributed by atoms with van der Waals surface area (Å²) < 4.78 is 26.6. The molecule has 0 aliphatic carbocycles. The Hall–Kier alpha value is -1.17. The molecule has 2 rings (SSSR count). The van der Waals surface area contributed by atoms with Gasteiger partial charge in [-0.25, -0.2) is 8.42 Å². The van der Waals surface area contributed by atoms with Gasteiger partial charge in [0.1, 0.15) is 0 Å². The Bertz CT molecular complexity index is 579. The largest absolute Gasteiger partial charge is 0.316 e. The Morgan fingerprint density at radius 3 is 2.79 bits per heavy atom. The number of nitrogens with one attached hydrogen (secondary N) is 1. The molecule has 0 aromatic heterocycles. The van der Waals surface area contributed by atoms with Crippen LogP contribution < -0.4 is 5.32 Å². The number of hydrogen-bond acceptors (Lipinski definition) is 3. The molecule has 0 saturated carbocycles. The van der Waals surface area contributed by atoms with Crippen molar-refractivity contribution in [3.05, 3.63) is 41.5 Å². The van der Waals surface area contributed by atoms with Crippen molar-refractivity contribution in [2.75, 3.05) is 20.1 Å². The van der Waals surface area contributed by atoms with Crippen LogP contribution in [0.3, 0.4) is 0 Å². The second-order valence-electron chi connectivity index (χ2n) is 4.84. The SMILES string of the molecule is CNCc1cccc(S(=O)(=O)N2CC=C(C)CC2)c1. The quantitative estimate of drug-likeness (QED) is 0.855. The predicted octanol–water partition coefficient (Wildman–Crippen LogP) is 1.75. The minimum atomic E-state index is -3.37. The molecular weight excluding hydrogens is 260 g/mol. The van der Waals surface area contributed by atoms with E-state index in [9.17, 15) is 8.42 Å². The van der Waals surface area contributed by atoms with Gasteiger partial charge in [-0.15, -0.1) is 0 Å². The van der Waals surface area contributed by atoms with E-state index in [0.717, 1.165) is 12.0 Å². The smallest absolute Gasteiger partial charge is 0.243 e. The molecule has 4 nitrogen and oxygen atoms in total. The van der Waals surface area contributed by atoms with Gasteiger partial charge in [0, 0.05) is 19.6 Å². The molecule has 1 aliphatic rings. The number of rotatable bonds is 4. The van der Waals surface area contributed by atoms with Crippen molar-refractivity contribution in [2.24, 2.45) is 0 Å². The van der Waals surface area contributed by atoms with Crippen LogP contribution in [0.1, 0.15) is 18.9 Å². The molecule has 1 heterocycles. The fraction of sp³-hybridized carbons (Fsp3) is 0.429. The van der Waals surface area contributed by atoms with E-state index in [1.54, 1.807) is 22.5 Å². The van der Waals surface area contributed by atoms with Crippen LogP contribution in [0.2, 0.25) is 0 Å². The lowest BCUT2D eigenvalue weighted by Gasteiger charge is -2.25. The van der Waals surface area contributed by atoms with E-state index < -0.39 is 10.0 Å². The molecule has 19 heavy (non-hydrogen) atoms. The average molecular weight is 280 g/mol. The first-order valence-corrected chi connectivity index (χ1v) is 7.87. The van der Waals surface area contributed by atoms with Crippen LogP contribution in [0.25, 0.3) is 0 Å². The summed E-state index contributed by atoms with van der Waals surface area (Å²) in [7, 11) is -1.52. The maximum atomic E-state index is 12.5. The fourth-order valence-corrected chi connectivity index (χ4v) is 3.59. The van der Waals surface area contributed by atoms with Gasteiger partial charge in [-0.2, -0.15) is 4.31 Å². The molecule has 5 heteroatoms. The third-order valence-corrected chi connectivity index (χ3v) is 5.18. The van der Waals surface area contributed by atoms with Crippen molar-refractivity contribution in [1.29, 1.82) is 0 Å². The number of hydrogen-bond donors (Lipinski definition) is 1. The van der Waals surface area contributed by atoms with E-state index in [2.05, 4.69) is 5.32 Å². The summed E-state index contributed by atoms with van der Waals surface area (Å²) in [6.07, 6.45) is 2.80. The van der Waals surface area contributed by atoms with Gasteiger partial charge in [0.05, 0.1) is 4.90 Å². The van der Waals surface area contributed by atoms with Crippen LogP contribution in [-0.4, -0.2) is 32.9 Å². The van der Waals surface area contributed by atoms with Crippen LogP contribution in [-0.2, 0) is 16.6 Å². The number of benzene rings is 1. The first-order chi connectivity index (χ1) is 9.04. The Morgan fingerprint density at radius 1 is 1.37 bits per heavy atom. The van der Waals surface area contributed by atoms with Gasteiger partial charge >= 0.3 is 0 Å². The molecule has 0 unspecified atom stereocenters. The summed E-state index contributed by atoms with van der Waals surface area (Å²) in [6.45, 7) is 3.76. The molecule has 0 saturated heterocycles. The first-order valence-electron chi connectivity index (χ1n) is 6.43. The summed E-state index contributed by atoms with van der Waals surface area (Å²) in [4.78, 5) is 0.383. The summed E-state index contributed by atoms with van der Waals surface area (Å²) >= 11 is 0. The molecule has 104 valence electrons. The lowest BCUT2D eigenvalue weighted by Crippen LogP contribution is -2.34. The molecule has 1 aromatic rings. The molecule has 1 N–H and O–H groups in total. The van der Waals surface area contributed by atoms with Crippen LogP contribution in [0.5, 0.6) is 0 Å². The van der Waals surface area contributed by atoms with Crippen molar-refractivity contribution in [1.82, 2.24) is 9.62 Å². The van der Waals surface area contributed by atoms with E-state index in [0.29, 0.717) is 24.5 Å². The molecule has 0 fully saturated rings. The van der Waals surface area contributed by atoms with Crippen LogP contribution >= 0.6 is 0 Å². The Labute approximate surface area is 115 Å². The maximum absolute atomic E-state index is 12.5. The van der Waals surface area contributed by atoms with Crippen molar-refractivity contribution in [3.8, 4) is 0 Å². The van der Waals surface area contributed by atoms with Crippen LogP contribution in [0, 0.1) is 0 Å². The lowest BCUT2D eigenvalue weighted by molar-refractivity contribution is 0.431. The van der Waals surface area contributed by atoms with E-state index >= 15 is 0 Å². The van der Waals surface area contributed by atoms with Gasteiger partial charge in [0.2, 0.25) is 10.0 Å². The summed E-state index contributed by atoms with van der Waals surface area (Å²) in [6, 6.07) is 7.14. The van der Waals surface area contributed by atoms with Gasteiger partial charge in [-0.3, -0.25) is 0 Å². The summed E-state index contributed by atoms with van der Waals surface area (Å²) in [5.41, 5.74) is 2.24. The topological polar surface area (TPSA) is 49.4 Å². The summed E-state index contributed by atoms with van der Waals surface area (Å²) in [5.74, 6) is 0. The highest BCUT2D eigenvalue weighted by Gasteiger charge is 2.25. The Balaban J connectivity index is 2.27. The monoisotopic (exact) mass is 280 g/mol. The molecule has 0 atom stereocenters. The highest BCUT2D eigenvalue weighted by Crippen LogP contribution is 2.21. The van der Waals surface area contributed by atoms with Gasteiger partial charge < -0.3 is 5.32 Å². The second-order valence-corrected chi connectivity index (χ2v) is 6.78. The second kappa shape index (κ2) is 5.86. The molecule has 0 amide bonds. The molecule has 0 bridgehead atoms. The van der Waals surface area contributed by atoms with Crippen LogP contribution in [0.4, 0.5) is 0 Å². The standard InChI is InChI=1S/C14H20N2O2S/c1-12-6-8-16(9-7-12)19(17,18)14-5-3-4-13(10-14)11-15-2/h3-6,10,15H,7-9,11H2,1-2H3. The Kier molecular flexibility index (Phi) is 4.39. The third kappa shape index (κ3) is 3.23. The van der Waals surface area contributed by atoms with E-state index in [-0.39, 0.29) is 0 Å². The molecular formula is C14H20N2O2S. The minimum Gasteiger partial charge on any atom is -0.316 e. The molecule has 1 aliphatic heterocycles.